The summed E-state index contributed by atoms with van der Waals surface area (Å²) in [6.45, 7) is 5.59. The number of hydrogen-bond acceptors (Lipinski definition) is 4. The van der Waals surface area contributed by atoms with Gasteiger partial charge in [0.1, 0.15) is 5.60 Å². The van der Waals surface area contributed by atoms with Gasteiger partial charge in [-0.2, -0.15) is 0 Å². The molecule has 8 nitrogen and oxygen atoms in total. The van der Waals surface area contributed by atoms with Gasteiger partial charge in [0, 0.05) is 49.9 Å². The largest absolute Gasteiger partial charge is 0.444 e. The number of benzene rings is 2. The molecule has 1 unspecified atom stereocenters. The zero-order chi connectivity index (χ0) is 23.2. The number of rotatable bonds is 2. The summed E-state index contributed by atoms with van der Waals surface area (Å²) in [5.74, 6) is 0. The zero-order valence-electron chi connectivity index (χ0n) is 17.9. The number of aromatic nitrogens is 1. The fraction of sp³-hybridized carbons (Fsp3) is 0.409. The Morgan fingerprint density at radius 1 is 1.12 bits per heavy atom. The number of amides is 1. The van der Waals surface area contributed by atoms with E-state index in [0.717, 1.165) is 21.8 Å². The van der Waals surface area contributed by atoms with Crippen molar-refractivity contribution in [1.29, 1.82) is 0 Å². The van der Waals surface area contributed by atoms with E-state index in [2.05, 4.69) is 10.0 Å². The molecule has 1 amide bonds. The van der Waals surface area contributed by atoms with Gasteiger partial charge in [-0.25, -0.2) is 4.79 Å². The minimum atomic E-state index is -1.02. The molecule has 1 N–H and O–H groups in total. The maximum Gasteiger partial charge on any atom is 0.410 e. The number of piperidine rings is 1. The molecular weight excluding hydrogens is 453 g/mol. The Morgan fingerprint density at radius 2 is 1.69 bits per heavy atom. The maximum atomic E-state index is 12.8. The normalized spacial score (nSPS) is 21.6. The molecule has 1 aliphatic rings. The predicted molar refractivity (Wildman–Crippen MR) is 125 cm³/mol. The molecule has 3 atom stereocenters. The van der Waals surface area contributed by atoms with Gasteiger partial charge in [0.2, 0.25) is 0 Å². The molecule has 0 bridgehead atoms. The topological polar surface area (TPSA) is 103 Å². The number of aliphatic hydroxyl groups is 1. The number of hydrogen-bond donors (Lipinski definition) is 1. The van der Waals surface area contributed by atoms with E-state index in [1.54, 1.807) is 32.9 Å². The highest BCUT2D eigenvalue weighted by molar-refractivity contribution is 6.33. The lowest BCUT2D eigenvalue weighted by atomic mass is 9.97. The van der Waals surface area contributed by atoms with Crippen LogP contribution in [0.25, 0.3) is 32.2 Å². The summed E-state index contributed by atoms with van der Waals surface area (Å²) >= 11 is 12.5. The van der Waals surface area contributed by atoms with E-state index in [4.69, 9.17) is 33.5 Å². The number of fused-ring (bicyclic) bond motifs is 3. The van der Waals surface area contributed by atoms with Crippen molar-refractivity contribution in [3.8, 4) is 0 Å². The van der Waals surface area contributed by atoms with Crippen molar-refractivity contribution < 1.29 is 14.6 Å². The third-order valence-corrected chi connectivity index (χ3v) is 5.98. The van der Waals surface area contributed by atoms with Gasteiger partial charge in [0.25, 0.3) is 0 Å². The Kier molecular flexibility index (Phi) is 5.90. The summed E-state index contributed by atoms with van der Waals surface area (Å²) in [6.07, 6.45) is -1.55. The van der Waals surface area contributed by atoms with Crippen LogP contribution in [-0.2, 0) is 4.74 Å². The summed E-state index contributed by atoms with van der Waals surface area (Å²) in [5.41, 5.74) is 10.0. The summed E-state index contributed by atoms with van der Waals surface area (Å²) in [4.78, 5) is 17.2. The number of azide groups is 1. The van der Waals surface area contributed by atoms with Crippen molar-refractivity contribution in [2.24, 2.45) is 5.11 Å². The average molecular weight is 476 g/mol. The molecule has 0 radical (unpaired) electrons. The van der Waals surface area contributed by atoms with Gasteiger partial charge in [-0.15, -0.1) is 0 Å². The molecule has 4 rings (SSSR count). The van der Waals surface area contributed by atoms with Gasteiger partial charge in [-0.05, 0) is 62.7 Å². The summed E-state index contributed by atoms with van der Waals surface area (Å²) in [6, 6.07) is 9.54. The van der Waals surface area contributed by atoms with Crippen LogP contribution in [0.1, 0.15) is 26.8 Å². The van der Waals surface area contributed by atoms with E-state index in [0.29, 0.717) is 10.0 Å². The summed E-state index contributed by atoms with van der Waals surface area (Å²) < 4.78 is 7.49. The number of ether oxygens (including phenoxy) is 1. The van der Waals surface area contributed by atoms with Crippen molar-refractivity contribution in [3.63, 3.8) is 0 Å². The van der Waals surface area contributed by atoms with E-state index in [1.165, 1.54) is 4.90 Å². The highest BCUT2D eigenvalue weighted by atomic mass is 35.5. The van der Waals surface area contributed by atoms with Crippen LogP contribution in [0, 0.1) is 0 Å². The number of nitrogens with zero attached hydrogens (tertiary/aromatic N) is 5. The minimum absolute atomic E-state index is 0.0609. The predicted octanol–water partition coefficient (Wildman–Crippen LogP) is 5.93. The molecule has 1 aliphatic heterocycles. The number of likely N-dealkylation sites (tertiary alicyclic amines) is 1. The Labute approximate surface area is 194 Å². The molecule has 32 heavy (non-hydrogen) atoms. The Hall–Kier alpha value is -2.64. The SMILES string of the molecule is CC(C)(C)OC(=O)N1CC(N=[N+]=[N-])[C@H](O)[C@@H](n2c3ccc(Cl)cc3c3cc(Cl)ccc32)C1. The molecule has 168 valence electrons. The number of carbonyl (C=O) groups excluding carboxylic acids is 1. The van der Waals surface area contributed by atoms with Crippen molar-refractivity contribution >= 4 is 51.1 Å². The highest BCUT2D eigenvalue weighted by Crippen LogP contribution is 2.38. The van der Waals surface area contributed by atoms with E-state index in [1.807, 2.05) is 28.8 Å². The second-order valence-electron chi connectivity index (χ2n) is 8.91. The van der Waals surface area contributed by atoms with Gasteiger partial charge < -0.3 is 19.3 Å². The second-order valence-corrected chi connectivity index (χ2v) is 9.78. The van der Waals surface area contributed by atoms with Crippen LogP contribution in [0.2, 0.25) is 10.0 Å². The fourth-order valence-electron chi connectivity index (χ4n) is 4.23. The molecular formula is C22H23Cl2N5O3. The third kappa shape index (κ3) is 4.19. The molecule has 3 aromatic rings. The molecule has 0 spiro atoms. The minimum Gasteiger partial charge on any atom is -0.444 e. The second kappa shape index (κ2) is 8.37. The third-order valence-electron chi connectivity index (χ3n) is 5.51. The molecule has 1 fully saturated rings. The van der Waals surface area contributed by atoms with Crippen molar-refractivity contribution in [2.45, 2.75) is 44.6 Å². The maximum absolute atomic E-state index is 12.8. The molecule has 1 saturated heterocycles. The van der Waals surface area contributed by atoms with Crippen molar-refractivity contribution in [1.82, 2.24) is 9.47 Å². The van der Waals surface area contributed by atoms with Crippen LogP contribution in [0.3, 0.4) is 0 Å². The van der Waals surface area contributed by atoms with Gasteiger partial charge in [-0.1, -0.05) is 28.3 Å². The Bertz CT molecular complexity index is 1190. The van der Waals surface area contributed by atoms with Crippen LogP contribution < -0.4 is 0 Å². The lowest BCUT2D eigenvalue weighted by Gasteiger charge is -2.41. The van der Waals surface area contributed by atoms with Crippen LogP contribution in [0.15, 0.2) is 41.5 Å². The quantitative estimate of drug-likeness (QED) is 0.282. The molecule has 10 heteroatoms. The van der Waals surface area contributed by atoms with Crippen LogP contribution in [0.5, 0.6) is 0 Å². The first-order valence-electron chi connectivity index (χ1n) is 10.2. The monoisotopic (exact) mass is 475 g/mol. The fourth-order valence-corrected chi connectivity index (χ4v) is 4.58. The summed E-state index contributed by atoms with van der Waals surface area (Å²) in [5, 5.41) is 17.8. The molecule has 1 aromatic heterocycles. The standard InChI is InChI=1S/C22H23Cl2N5O3/c1-22(2,3)32-21(31)28-10-16(26-27-25)20(30)19(11-28)29-17-6-4-12(23)8-14(17)15-9-13(24)5-7-18(15)29/h4-9,16,19-20,30H,10-11H2,1-3H3/t16?,19-,20-/m0/s1. The Balaban J connectivity index is 1.87. The smallest absolute Gasteiger partial charge is 0.410 e. The molecule has 2 aromatic carbocycles. The highest BCUT2D eigenvalue weighted by Gasteiger charge is 2.40. The van der Waals surface area contributed by atoms with Crippen LogP contribution >= 0.6 is 23.2 Å². The molecule has 2 heterocycles. The van der Waals surface area contributed by atoms with Crippen molar-refractivity contribution in [2.75, 3.05) is 13.1 Å². The number of carbonyl (C=O) groups is 1. The molecule has 0 saturated carbocycles. The van der Waals surface area contributed by atoms with Crippen molar-refractivity contribution in [3.05, 3.63) is 56.9 Å². The first kappa shape index (κ1) is 22.6. The van der Waals surface area contributed by atoms with E-state index < -0.39 is 29.9 Å². The van der Waals surface area contributed by atoms with Crippen LogP contribution in [-0.4, -0.2) is 51.5 Å². The zero-order valence-corrected chi connectivity index (χ0v) is 19.4. The van der Waals surface area contributed by atoms with Crippen LogP contribution in [0.4, 0.5) is 4.79 Å². The van der Waals surface area contributed by atoms with Gasteiger partial charge >= 0.3 is 6.09 Å². The van der Waals surface area contributed by atoms with E-state index in [9.17, 15) is 9.90 Å². The molecule has 0 aliphatic carbocycles. The van der Waals surface area contributed by atoms with Gasteiger partial charge in [0.05, 0.1) is 18.2 Å². The Morgan fingerprint density at radius 3 is 2.19 bits per heavy atom. The number of aliphatic hydroxyl groups excluding tert-OH is 1. The lowest BCUT2D eigenvalue weighted by Crippen LogP contribution is -2.54. The van der Waals surface area contributed by atoms with E-state index >= 15 is 0 Å². The average Bonchev–Trinajstić information content (AvgIpc) is 3.01. The first-order valence-corrected chi connectivity index (χ1v) is 10.9. The van der Waals surface area contributed by atoms with Gasteiger partial charge in [0.15, 0.2) is 0 Å². The van der Waals surface area contributed by atoms with Gasteiger partial charge in [-0.3, -0.25) is 0 Å². The van der Waals surface area contributed by atoms with E-state index in [-0.39, 0.29) is 13.1 Å². The summed E-state index contributed by atoms with van der Waals surface area (Å²) in [7, 11) is 0. The number of halogens is 2. The first-order chi connectivity index (χ1) is 15.1. The lowest BCUT2D eigenvalue weighted by molar-refractivity contribution is -0.0119.